The van der Waals surface area contributed by atoms with Crippen molar-refractivity contribution in [3.05, 3.63) is 17.8 Å². The molecule has 88 valence electrons. The largest absolute Gasteiger partial charge is 0.397 e. The minimum atomic E-state index is -0.543. The molecule has 16 heavy (non-hydrogen) atoms. The van der Waals surface area contributed by atoms with Crippen LogP contribution in [0.5, 0.6) is 0 Å². The lowest BCUT2D eigenvalue weighted by Gasteiger charge is -2.05. The number of ether oxygens (including phenoxy) is 1. The van der Waals surface area contributed by atoms with Gasteiger partial charge in [-0.15, -0.1) is 11.8 Å². The van der Waals surface area contributed by atoms with E-state index in [0.717, 1.165) is 12.2 Å². The van der Waals surface area contributed by atoms with Gasteiger partial charge < -0.3 is 16.2 Å². The molecule has 0 aromatic carbocycles. The van der Waals surface area contributed by atoms with Crippen LogP contribution in [0.3, 0.4) is 0 Å². The summed E-state index contributed by atoms with van der Waals surface area (Å²) in [4.78, 5) is 15.0. The Labute approximate surface area is 98.6 Å². The summed E-state index contributed by atoms with van der Waals surface area (Å²) in [5, 5.41) is 0.646. The minimum absolute atomic E-state index is 0.239. The SMILES string of the molecule is COCCCSc1nc(C(N)=O)ccc1N. The first kappa shape index (κ1) is 12.8. The van der Waals surface area contributed by atoms with E-state index in [4.69, 9.17) is 16.2 Å². The third-order valence-corrected chi connectivity index (χ3v) is 2.97. The van der Waals surface area contributed by atoms with Crippen LogP contribution in [-0.2, 0) is 4.74 Å². The molecule has 6 heteroatoms. The summed E-state index contributed by atoms with van der Waals surface area (Å²) in [5.41, 5.74) is 11.7. The molecule has 0 atom stereocenters. The van der Waals surface area contributed by atoms with E-state index in [1.165, 1.54) is 17.8 Å². The Morgan fingerprint density at radius 1 is 1.56 bits per heavy atom. The van der Waals surface area contributed by atoms with Crippen LogP contribution in [-0.4, -0.2) is 30.4 Å². The van der Waals surface area contributed by atoms with Gasteiger partial charge in [0.2, 0.25) is 0 Å². The summed E-state index contributed by atoms with van der Waals surface area (Å²) in [7, 11) is 1.66. The van der Waals surface area contributed by atoms with Crippen LogP contribution >= 0.6 is 11.8 Å². The van der Waals surface area contributed by atoms with E-state index < -0.39 is 5.91 Å². The maximum Gasteiger partial charge on any atom is 0.267 e. The molecular formula is C10H15N3O2S. The number of methoxy groups -OCH3 is 1. The first-order valence-corrected chi connectivity index (χ1v) is 5.81. The van der Waals surface area contributed by atoms with Gasteiger partial charge in [0.1, 0.15) is 10.7 Å². The number of rotatable bonds is 6. The van der Waals surface area contributed by atoms with Crippen molar-refractivity contribution < 1.29 is 9.53 Å². The molecule has 0 radical (unpaired) electrons. The number of nitrogens with two attached hydrogens (primary N) is 2. The second kappa shape index (κ2) is 6.34. The lowest BCUT2D eigenvalue weighted by atomic mass is 10.3. The molecule has 1 aromatic rings. The van der Waals surface area contributed by atoms with Gasteiger partial charge in [-0.1, -0.05) is 0 Å². The summed E-state index contributed by atoms with van der Waals surface area (Å²) in [6.45, 7) is 0.697. The molecule has 1 heterocycles. The number of hydrogen-bond acceptors (Lipinski definition) is 5. The van der Waals surface area contributed by atoms with Crippen LogP contribution in [0.4, 0.5) is 5.69 Å². The summed E-state index contributed by atoms with van der Waals surface area (Å²) < 4.78 is 4.93. The molecule has 0 spiro atoms. The molecule has 0 bridgehead atoms. The normalized spacial score (nSPS) is 10.3. The number of carbonyl (C=O) groups is 1. The number of anilines is 1. The van der Waals surface area contributed by atoms with Crippen molar-refractivity contribution in [2.75, 3.05) is 25.2 Å². The topological polar surface area (TPSA) is 91.2 Å². The molecule has 0 saturated heterocycles. The molecule has 1 rings (SSSR count). The van der Waals surface area contributed by atoms with Crippen molar-refractivity contribution in [1.29, 1.82) is 0 Å². The van der Waals surface area contributed by atoms with Gasteiger partial charge in [0, 0.05) is 19.5 Å². The highest BCUT2D eigenvalue weighted by Crippen LogP contribution is 2.23. The van der Waals surface area contributed by atoms with E-state index in [1.807, 2.05) is 0 Å². The van der Waals surface area contributed by atoms with Gasteiger partial charge in [-0.3, -0.25) is 4.79 Å². The second-order valence-electron chi connectivity index (χ2n) is 3.15. The Balaban J connectivity index is 2.63. The highest BCUT2D eigenvalue weighted by atomic mass is 32.2. The standard InChI is InChI=1S/C10H15N3O2S/c1-15-5-2-6-16-10-7(11)3-4-8(13-10)9(12)14/h3-4H,2,5-6,11H2,1H3,(H2,12,14). The quantitative estimate of drug-likeness (QED) is 0.570. The Morgan fingerprint density at radius 3 is 2.94 bits per heavy atom. The number of nitrogens with zero attached hydrogens (tertiary/aromatic N) is 1. The number of pyridine rings is 1. The molecule has 0 fully saturated rings. The lowest BCUT2D eigenvalue weighted by molar-refractivity contribution is 0.0995. The average Bonchev–Trinajstić information content (AvgIpc) is 2.26. The van der Waals surface area contributed by atoms with Crippen LogP contribution in [0, 0.1) is 0 Å². The predicted octanol–water partition coefficient (Wildman–Crippen LogP) is 0.891. The first-order valence-electron chi connectivity index (χ1n) is 4.83. The van der Waals surface area contributed by atoms with Gasteiger partial charge in [-0.05, 0) is 18.6 Å². The maximum atomic E-state index is 10.9. The van der Waals surface area contributed by atoms with E-state index >= 15 is 0 Å². The zero-order valence-electron chi connectivity index (χ0n) is 9.10. The fourth-order valence-electron chi connectivity index (χ4n) is 1.08. The van der Waals surface area contributed by atoms with Gasteiger partial charge in [0.05, 0.1) is 5.69 Å². The predicted molar refractivity (Wildman–Crippen MR) is 64.4 cm³/mol. The van der Waals surface area contributed by atoms with Gasteiger partial charge in [0.25, 0.3) is 5.91 Å². The van der Waals surface area contributed by atoms with Crippen molar-refractivity contribution >= 4 is 23.4 Å². The summed E-state index contributed by atoms with van der Waals surface area (Å²) in [6, 6.07) is 3.17. The summed E-state index contributed by atoms with van der Waals surface area (Å²) >= 11 is 1.49. The van der Waals surface area contributed by atoms with E-state index in [1.54, 1.807) is 13.2 Å². The van der Waals surface area contributed by atoms with Crippen LogP contribution < -0.4 is 11.5 Å². The first-order chi connectivity index (χ1) is 7.65. The van der Waals surface area contributed by atoms with E-state index in [0.29, 0.717) is 17.3 Å². The molecule has 1 aromatic heterocycles. The second-order valence-corrected chi connectivity index (χ2v) is 4.23. The number of hydrogen-bond donors (Lipinski definition) is 2. The Kier molecular flexibility index (Phi) is 5.07. The van der Waals surface area contributed by atoms with Crippen molar-refractivity contribution in [2.45, 2.75) is 11.4 Å². The molecule has 0 saturated carbocycles. The zero-order chi connectivity index (χ0) is 12.0. The van der Waals surface area contributed by atoms with E-state index in [9.17, 15) is 4.79 Å². The third-order valence-electron chi connectivity index (χ3n) is 1.87. The highest BCUT2D eigenvalue weighted by molar-refractivity contribution is 7.99. The molecule has 1 amide bonds. The highest BCUT2D eigenvalue weighted by Gasteiger charge is 2.07. The summed E-state index contributed by atoms with van der Waals surface area (Å²) in [6.07, 6.45) is 0.906. The number of primary amides is 1. The average molecular weight is 241 g/mol. The molecule has 0 unspecified atom stereocenters. The van der Waals surface area contributed by atoms with Crippen LogP contribution in [0.25, 0.3) is 0 Å². The molecule has 0 aliphatic rings. The summed E-state index contributed by atoms with van der Waals surface area (Å²) in [5.74, 6) is 0.298. The van der Waals surface area contributed by atoms with Crippen molar-refractivity contribution in [3.63, 3.8) is 0 Å². The zero-order valence-corrected chi connectivity index (χ0v) is 9.92. The number of thioether (sulfide) groups is 1. The fraction of sp³-hybridized carbons (Fsp3) is 0.400. The van der Waals surface area contributed by atoms with Gasteiger partial charge >= 0.3 is 0 Å². The number of aromatic nitrogens is 1. The number of carbonyl (C=O) groups excluding carboxylic acids is 1. The van der Waals surface area contributed by atoms with Crippen LogP contribution in [0.1, 0.15) is 16.9 Å². The monoisotopic (exact) mass is 241 g/mol. The van der Waals surface area contributed by atoms with Crippen LogP contribution in [0.15, 0.2) is 17.2 Å². The van der Waals surface area contributed by atoms with Crippen molar-refractivity contribution in [3.8, 4) is 0 Å². The van der Waals surface area contributed by atoms with Gasteiger partial charge in [-0.2, -0.15) is 0 Å². The number of amides is 1. The van der Waals surface area contributed by atoms with Crippen molar-refractivity contribution in [1.82, 2.24) is 4.98 Å². The van der Waals surface area contributed by atoms with E-state index in [-0.39, 0.29) is 5.69 Å². The molecular weight excluding hydrogens is 226 g/mol. The Hall–Kier alpha value is -1.27. The third kappa shape index (κ3) is 3.71. The molecule has 4 N–H and O–H groups in total. The Bertz CT molecular complexity index is 371. The van der Waals surface area contributed by atoms with Gasteiger partial charge in [-0.25, -0.2) is 4.98 Å². The van der Waals surface area contributed by atoms with Gasteiger partial charge in [0.15, 0.2) is 0 Å². The van der Waals surface area contributed by atoms with Crippen LogP contribution in [0.2, 0.25) is 0 Å². The van der Waals surface area contributed by atoms with Crippen molar-refractivity contribution in [2.24, 2.45) is 5.73 Å². The minimum Gasteiger partial charge on any atom is -0.397 e. The lowest BCUT2D eigenvalue weighted by Crippen LogP contribution is -2.13. The smallest absolute Gasteiger partial charge is 0.267 e. The molecule has 5 nitrogen and oxygen atoms in total. The number of nitrogen functional groups attached to an aromatic ring is 1. The Morgan fingerprint density at radius 2 is 2.31 bits per heavy atom. The molecule has 0 aliphatic heterocycles. The molecule has 0 aliphatic carbocycles. The van der Waals surface area contributed by atoms with E-state index in [2.05, 4.69) is 4.98 Å². The maximum absolute atomic E-state index is 10.9. The fourth-order valence-corrected chi connectivity index (χ4v) is 1.93.